The topological polar surface area (TPSA) is 28.2 Å². The van der Waals surface area contributed by atoms with Crippen molar-refractivity contribution in [2.45, 2.75) is 51.7 Å². The lowest BCUT2D eigenvalue weighted by Gasteiger charge is -2.31. The summed E-state index contributed by atoms with van der Waals surface area (Å²) in [4.78, 5) is 6.77. The van der Waals surface area contributed by atoms with E-state index in [1.807, 2.05) is 18.5 Å². The van der Waals surface area contributed by atoms with Crippen LogP contribution in [0.1, 0.15) is 38.7 Å². The number of rotatable bonds is 3. The van der Waals surface area contributed by atoms with Crippen molar-refractivity contribution in [2.75, 3.05) is 13.1 Å². The normalized spacial score (nSPS) is 26.6. The number of aromatic nitrogens is 1. The molecule has 0 spiro atoms. The SMILES string of the molecule is CCC1CCN(Cc2cccnc2)CCC(C)N1. The fourth-order valence-corrected chi connectivity index (χ4v) is 2.63. The molecule has 18 heavy (non-hydrogen) atoms. The molecule has 0 aromatic carbocycles. The third-order valence-corrected chi connectivity index (χ3v) is 3.81. The summed E-state index contributed by atoms with van der Waals surface area (Å²) in [6.45, 7) is 7.98. The first kappa shape index (κ1) is 13.5. The maximum absolute atomic E-state index is 4.20. The first-order valence-corrected chi connectivity index (χ1v) is 7.15. The van der Waals surface area contributed by atoms with Crippen molar-refractivity contribution in [3.8, 4) is 0 Å². The van der Waals surface area contributed by atoms with Gasteiger partial charge < -0.3 is 5.32 Å². The second-order valence-corrected chi connectivity index (χ2v) is 5.39. The maximum atomic E-state index is 4.20. The second-order valence-electron chi connectivity index (χ2n) is 5.39. The van der Waals surface area contributed by atoms with Crippen molar-refractivity contribution in [1.29, 1.82) is 0 Å². The first-order valence-electron chi connectivity index (χ1n) is 7.15. The molecule has 1 saturated heterocycles. The second kappa shape index (κ2) is 6.86. The lowest BCUT2D eigenvalue weighted by molar-refractivity contribution is 0.206. The highest BCUT2D eigenvalue weighted by Gasteiger charge is 2.17. The molecule has 100 valence electrons. The Kier molecular flexibility index (Phi) is 5.14. The molecule has 0 aliphatic carbocycles. The van der Waals surface area contributed by atoms with Gasteiger partial charge in [-0.25, -0.2) is 0 Å². The summed E-state index contributed by atoms with van der Waals surface area (Å²) in [5.41, 5.74) is 1.33. The predicted octanol–water partition coefficient (Wildman–Crippen LogP) is 2.43. The van der Waals surface area contributed by atoms with Gasteiger partial charge in [0.25, 0.3) is 0 Å². The van der Waals surface area contributed by atoms with Crippen LogP contribution in [0.5, 0.6) is 0 Å². The van der Waals surface area contributed by atoms with Gasteiger partial charge in [-0.15, -0.1) is 0 Å². The van der Waals surface area contributed by atoms with E-state index in [9.17, 15) is 0 Å². The molecule has 2 rings (SSSR count). The van der Waals surface area contributed by atoms with Gasteiger partial charge in [0.15, 0.2) is 0 Å². The van der Waals surface area contributed by atoms with Crippen molar-refractivity contribution in [2.24, 2.45) is 0 Å². The molecule has 0 bridgehead atoms. The van der Waals surface area contributed by atoms with Crippen LogP contribution in [0.25, 0.3) is 0 Å². The Balaban J connectivity index is 1.91. The quantitative estimate of drug-likeness (QED) is 0.889. The standard InChI is InChI=1S/C15H25N3/c1-3-15-7-10-18(9-6-13(2)17-15)12-14-5-4-8-16-11-14/h4-5,8,11,13,15,17H,3,6-7,9-10,12H2,1-2H3. The molecule has 1 aliphatic rings. The number of hydrogen-bond acceptors (Lipinski definition) is 3. The van der Waals surface area contributed by atoms with Crippen molar-refractivity contribution >= 4 is 0 Å². The van der Waals surface area contributed by atoms with Crippen molar-refractivity contribution in [3.05, 3.63) is 30.1 Å². The molecule has 2 heterocycles. The van der Waals surface area contributed by atoms with Gasteiger partial charge in [0.2, 0.25) is 0 Å². The van der Waals surface area contributed by atoms with Crippen LogP contribution in [0.15, 0.2) is 24.5 Å². The van der Waals surface area contributed by atoms with E-state index in [1.54, 1.807) is 0 Å². The molecular weight excluding hydrogens is 222 g/mol. The Morgan fingerprint density at radius 1 is 1.39 bits per heavy atom. The van der Waals surface area contributed by atoms with Crippen LogP contribution in [-0.4, -0.2) is 35.1 Å². The molecule has 3 heteroatoms. The summed E-state index contributed by atoms with van der Waals surface area (Å²) in [7, 11) is 0. The molecule has 2 atom stereocenters. The Labute approximate surface area is 111 Å². The monoisotopic (exact) mass is 247 g/mol. The fourth-order valence-electron chi connectivity index (χ4n) is 2.63. The van der Waals surface area contributed by atoms with E-state index in [-0.39, 0.29) is 0 Å². The molecular formula is C15H25N3. The third kappa shape index (κ3) is 4.07. The van der Waals surface area contributed by atoms with E-state index < -0.39 is 0 Å². The van der Waals surface area contributed by atoms with Crippen molar-refractivity contribution in [3.63, 3.8) is 0 Å². The number of nitrogens with one attached hydrogen (secondary N) is 1. The van der Waals surface area contributed by atoms with Gasteiger partial charge >= 0.3 is 0 Å². The van der Waals surface area contributed by atoms with E-state index in [4.69, 9.17) is 0 Å². The summed E-state index contributed by atoms with van der Waals surface area (Å²) in [6.07, 6.45) is 7.54. The minimum Gasteiger partial charge on any atom is -0.311 e. The van der Waals surface area contributed by atoms with Crippen LogP contribution in [0.4, 0.5) is 0 Å². The zero-order valence-corrected chi connectivity index (χ0v) is 11.6. The first-order chi connectivity index (χ1) is 8.78. The molecule has 1 aromatic heterocycles. The van der Waals surface area contributed by atoms with Crippen molar-refractivity contribution < 1.29 is 0 Å². The Hall–Kier alpha value is -0.930. The number of hydrogen-bond donors (Lipinski definition) is 1. The average Bonchev–Trinajstić information content (AvgIpc) is 2.39. The summed E-state index contributed by atoms with van der Waals surface area (Å²) in [6, 6.07) is 5.51. The van der Waals surface area contributed by atoms with Crippen LogP contribution in [0.3, 0.4) is 0 Å². The molecule has 3 nitrogen and oxygen atoms in total. The molecule has 1 N–H and O–H groups in total. The van der Waals surface area contributed by atoms with Gasteiger partial charge in [-0.3, -0.25) is 9.88 Å². The largest absolute Gasteiger partial charge is 0.311 e. The van der Waals surface area contributed by atoms with Gasteiger partial charge in [-0.05, 0) is 50.9 Å². The average molecular weight is 247 g/mol. The van der Waals surface area contributed by atoms with E-state index in [2.05, 4.69) is 35.1 Å². The molecule has 1 aliphatic heterocycles. The fraction of sp³-hybridized carbons (Fsp3) is 0.667. The molecule has 1 aromatic rings. The highest BCUT2D eigenvalue weighted by molar-refractivity contribution is 5.08. The molecule has 2 unspecified atom stereocenters. The summed E-state index contributed by atoms with van der Waals surface area (Å²) < 4.78 is 0. The van der Waals surface area contributed by atoms with Gasteiger partial charge in [0.05, 0.1) is 0 Å². The predicted molar refractivity (Wildman–Crippen MR) is 75.4 cm³/mol. The van der Waals surface area contributed by atoms with E-state index in [0.717, 1.165) is 6.54 Å². The molecule has 0 amide bonds. The lowest BCUT2D eigenvalue weighted by atomic mass is 10.1. The zero-order valence-electron chi connectivity index (χ0n) is 11.6. The summed E-state index contributed by atoms with van der Waals surface area (Å²) in [5, 5.41) is 3.71. The number of pyridine rings is 1. The van der Waals surface area contributed by atoms with Crippen LogP contribution < -0.4 is 5.32 Å². The van der Waals surface area contributed by atoms with Gasteiger partial charge in [-0.1, -0.05) is 13.0 Å². The van der Waals surface area contributed by atoms with Gasteiger partial charge in [-0.2, -0.15) is 0 Å². The Morgan fingerprint density at radius 3 is 2.94 bits per heavy atom. The van der Waals surface area contributed by atoms with Crippen molar-refractivity contribution in [1.82, 2.24) is 15.2 Å². The van der Waals surface area contributed by atoms with Gasteiger partial charge in [0, 0.05) is 31.0 Å². The summed E-state index contributed by atoms with van der Waals surface area (Å²) >= 11 is 0. The number of nitrogens with zero attached hydrogens (tertiary/aromatic N) is 2. The smallest absolute Gasteiger partial charge is 0.0312 e. The highest BCUT2D eigenvalue weighted by atomic mass is 15.1. The zero-order chi connectivity index (χ0) is 12.8. The Bertz CT molecular complexity index is 339. The molecule has 1 fully saturated rings. The van der Waals surface area contributed by atoms with E-state index in [1.165, 1.54) is 37.9 Å². The van der Waals surface area contributed by atoms with Crippen LogP contribution in [0, 0.1) is 0 Å². The molecule has 0 saturated carbocycles. The minimum absolute atomic E-state index is 0.631. The highest BCUT2D eigenvalue weighted by Crippen LogP contribution is 2.11. The maximum Gasteiger partial charge on any atom is 0.0312 e. The van der Waals surface area contributed by atoms with Crippen LogP contribution in [-0.2, 0) is 6.54 Å². The summed E-state index contributed by atoms with van der Waals surface area (Å²) in [5.74, 6) is 0. The minimum atomic E-state index is 0.631. The lowest BCUT2D eigenvalue weighted by Crippen LogP contribution is -2.43. The van der Waals surface area contributed by atoms with Crippen LogP contribution >= 0.6 is 0 Å². The Morgan fingerprint density at radius 2 is 2.22 bits per heavy atom. The van der Waals surface area contributed by atoms with Gasteiger partial charge in [0.1, 0.15) is 0 Å². The molecule has 0 radical (unpaired) electrons. The third-order valence-electron chi connectivity index (χ3n) is 3.81. The van der Waals surface area contributed by atoms with Crippen LogP contribution in [0.2, 0.25) is 0 Å². The van der Waals surface area contributed by atoms with E-state index in [0.29, 0.717) is 12.1 Å². The van der Waals surface area contributed by atoms with E-state index >= 15 is 0 Å².